The molecular formula is C15H11ClN6O2. The number of pyridine rings is 1. The third kappa shape index (κ3) is 3.55. The van der Waals surface area contributed by atoms with Crippen molar-refractivity contribution in [1.82, 2.24) is 15.0 Å². The fourth-order valence-electron chi connectivity index (χ4n) is 2.01. The Hall–Kier alpha value is -3.26. The van der Waals surface area contributed by atoms with Gasteiger partial charge in [0.15, 0.2) is 0 Å². The maximum atomic E-state index is 11.5. The number of benzene rings is 1. The molecule has 0 atom stereocenters. The normalized spacial score (nSPS) is 10.2. The summed E-state index contributed by atoms with van der Waals surface area (Å²) < 4.78 is 0. The molecule has 3 rings (SSSR count). The minimum absolute atomic E-state index is 0.0637. The molecule has 3 aromatic rings. The van der Waals surface area contributed by atoms with E-state index < -0.39 is 4.92 Å². The van der Waals surface area contributed by atoms with Gasteiger partial charge in [-0.3, -0.25) is 15.1 Å². The van der Waals surface area contributed by atoms with Crippen LogP contribution in [0.3, 0.4) is 0 Å². The van der Waals surface area contributed by atoms with E-state index in [0.717, 1.165) is 0 Å². The van der Waals surface area contributed by atoms with Gasteiger partial charge in [-0.05, 0) is 30.3 Å². The molecule has 0 saturated carbocycles. The minimum atomic E-state index is -0.545. The number of rotatable bonds is 5. The fourth-order valence-corrected chi connectivity index (χ4v) is 2.20. The molecule has 24 heavy (non-hydrogen) atoms. The molecule has 0 saturated heterocycles. The third-order valence-corrected chi connectivity index (χ3v) is 3.27. The van der Waals surface area contributed by atoms with Crippen LogP contribution in [0.25, 0.3) is 0 Å². The van der Waals surface area contributed by atoms with Crippen molar-refractivity contribution in [2.75, 3.05) is 10.6 Å². The second kappa shape index (κ2) is 6.88. The van der Waals surface area contributed by atoms with Gasteiger partial charge in [-0.1, -0.05) is 17.7 Å². The number of aromatic nitrogens is 3. The molecule has 2 aromatic heterocycles. The van der Waals surface area contributed by atoms with Crippen LogP contribution in [0, 0.1) is 10.1 Å². The Morgan fingerprint density at radius 1 is 1.00 bits per heavy atom. The SMILES string of the molecule is O=[N+]([O-])c1c(Nc2ccncc2)ncnc1Nc1cccc(Cl)c1. The van der Waals surface area contributed by atoms with Gasteiger partial charge in [-0.2, -0.15) is 0 Å². The molecule has 0 aliphatic carbocycles. The number of nitrogens with one attached hydrogen (secondary N) is 2. The summed E-state index contributed by atoms with van der Waals surface area (Å²) in [5.41, 5.74) is 0.939. The molecule has 0 amide bonds. The highest BCUT2D eigenvalue weighted by Crippen LogP contribution is 2.33. The summed E-state index contributed by atoms with van der Waals surface area (Å²) in [5, 5.41) is 17.8. The number of nitrogens with zero attached hydrogens (tertiary/aromatic N) is 4. The van der Waals surface area contributed by atoms with Crippen molar-refractivity contribution < 1.29 is 4.92 Å². The van der Waals surface area contributed by atoms with Gasteiger partial charge in [-0.15, -0.1) is 0 Å². The minimum Gasteiger partial charge on any atom is -0.334 e. The molecule has 0 unspecified atom stereocenters. The monoisotopic (exact) mass is 342 g/mol. The van der Waals surface area contributed by atoms with Crippen molar-refractivity contribution in [3.05, 3.63) is 70.3 Å². The van der Waals surface area contributed by atoms with Crippen LogP contribution in [0.5, 0.6) is 0 Å². The average Bonchev–Trinajstić information content (AvgIpc) is 2.56. The van der Waals surface area contributed by atoms with Gasteiger partial charge in [0, 0.05) is 28.8 Å². The summed E-state index contributed by atoms with van der Waals surface area (Å²) in [4.78, 5) is 22.8. The summed E-state index contributed by atoms with van der Waals surface area (Å²) in [6, 6.07) is 10.2. The number of anilines is 4. The molecule has 1 aromatic carbocycles. The zero-order valence-electron chi connectivity index (χ0n) is 12.2. The van der Waals surface area contributed by atoms with Crippen LogP contribution in [0.4, 0.5) is 28.7 Å². The van der Waals surface area contributed by atoms with E-state index in [-0.39, 0.29) is 17.3 Å². The van der Waals surface area contributed by atoms with E-state index in [1.54, 1.807) is 48.8 Å². The Labute approximate surface area is 141 Å². The fraction of sp³-hybridized carbons (Fsp3) is 0. The average molecular weight is 343 g/mol. The number of hydrogen-bond donors (Lipinski definition) is 2. The molecule has 9 heteroatoms. The zero-order valence-corrected chi connectivity index (χ0v) is 12.9. The van der Waals surface area contributed by atoms with Gasteiger partial charge in [0.1, 0.15) is 6.33 Å². The number of halogens is 1. The molecule has 0 spiro atoms. The standard InChI is InChI=1S/C15H11ClN6O2/c16-10-2-1-3-12(8-10)21-15-13(22(23)24)14(18-9-19-15)20-11-4-6-17-7-5-11/h1-9H,(H2,17,18,19,20,21). The van der Waals surface area contributed by atoms with E-state index in [9.17, 15) is 10.1 Å². The lowest BCUT2D eigenvalue weighted by molar-refractivity contribution is -0.383. The van der Waals surface area contributed by atoms with Gasteiger partial charge < -0.3 is 10.6 Å². The van der Waals surface area contributed by atoms with Crippen LogP contribution in [-0.2, 0) is 0 Å². The van der Waals surface area contributed by atoms with Crippen molar-refractivity contribution in [3.63, 3.8) is 0 Å². The predicted molar refractivity (Wildman–Crippen MR) is 90.9 cm³/mol. The molecule has 0 aliphatic heterocycles. The lowest BCUT2D eigenvalue weighted by atomic mass is 10.3. The van der Waals surface area contributed by atoms with Crippen LogP contribution in [0.2, 0.25) is 5.02 Å². The van der Waals surface area contributed by atoms with Gasteiger partial charge >= 0.3 is 5.69 Å². The summed E-state index contributed by atoms with van der Waals surface area (Å²) in [5.74, 6) is 0.138. The lowest BCUT2D eigenvalue weighted by Crippen LogP contribution is -2.05. The van der Waals surface area contributed by atoms with E-state index in [1.807, 2.05) is 0 Å². The first kappa shape index (κ1) is 15.6. The van der Waals surface area contributed by atoms with E-state index in [2.05, 4.69) is 25.6 Å². The Kier molecular flexibility index (Phi) is 4.48. The summed E-state index contributed by atoms with van der Waals surface area (Å²) >= 11 is 5.93. The molecule has 120 valence electrons. The first-order valence-electron chi connectivity index (χ1n) is 6.82. The summed E-state index contributed by atoms with van der Waals surface area (Å²) in [6.45, 7) is 0. The van der Waals surface area contributed by atoms with E-state index >= 15 is 0 Å². The highest BCUT2D eigenvalue weighted by molar-refractivity contribution is 6.30. The molecule has 8 nitrogen and oxygen atoms in total. The third-order valence-electron chi connectivity index (χ3n) is 3.04. The van der Waals surface area contributed by atoms with Crippen LogP contribution >= 0.6 is 11.6 Å². The first-order chi connectivity index (χ1) is 11.6. The van der Waals surface area contributed by atoms with Crippen molar-refractivity contribution >= 4 is 40.3 Å². The molecule has 0 radical (unpaired) electrons. The molecule has 0 fully saturated rings. The molecule has 0 bridgehead atoms. The first-order valence-corrected chi connectivity index (χ1v) is 7.20. The van der Waals surface area contributed by atoms with Crippen molar-refractivity contribution in [3.8, 4) is 0 Å². The van der Waals surface area contributed by atoms with Crippen molar-refractivity contribution in [2.24, 2.45) is 0 Å². The Bertz CT molecular complexity index is 875. The van der Waals surface area contributed by atoms with Crippen LogP contribution < -0.4 is 10.6 Å². The number of nitro groups is 1. The second-order valence-corrected chi connectivity index (χ2v) is 5.11. The Morgan fingerprint density at radius 2 is 1.67 bits per heavy atom. The topological polar surface area (TPSA) is 106 Å². The highest BCUT2D eigenvalue weighted by Gasteiger charge is 2.23. The predicted octanol–water partition coefficient (Wildman–Crippen LogP) is 3.92. The maximum absolute atomic E-state index is 11.5. The van der Waals surface area contributed by atoms with E-state index in [1.165, 1.54) is 6.33 Å². The molecule has 2 heterocycles. The maximum Gasteiger partial charge on any atom is 0.353 e. The lowest BCUT2D eigenvalue weighted by Gasteiger charge is -2.10. The van der Waals surface area contributed by atoms with Crippen LogP contribution in [0.15, 0.2) is 55.1 Å². The van der Waals surface area contributed by atoms with Crippen molar-refractivity contribution in [2.45, 2.75) is 0 Å². The van der Waals surface area contributed by atoms with E-state index in [0.29, 0.717) is 16.4 Å². The van der Waals surface area contributed by atoms with Crippen LogP contribution in [-0.4, -0.2) is 19.9 Å². The van der Waals surface area contributed by atoms with Gasteiger partial charge in [0.25, 0.3) is 0 Å². The second-order valence-electron chi connectivity index (χ2n) is 4.67. The van der Waals surface area contributed by atoms with Gasteiger partial charge in [-0.25, -0.2) is 9.97 Å². The van der Waals surface area contributed by atoms with E-state index in [4.69, 9.17) is 11.6 Å². The van der Waals surface area contributed by atoms with Gasteiger partial charge in [0.2, 0.25) is 11.6 Å². The van der Waals surface area contributed by atoms with Gasteiger partial charge in [0.05, 0.1) is 4.92 Å². The van der Waals surface area contributed by atoms with Crippen molar-refractivity contribution in [1.29, 1.82) is 0 Å². The molecule has 2 N–H and O–H groups in total. The molecular weight excluding hydrogens is 332 g/mol. The smallest absolute Gasteiger partial charge is 0.334 e. The number of hydrogen-bond acceptors (Lipinski definition) is 7. The largest absolute Gasteiger partial charge is 0.353 e. The Morgan fingerprint density at radius 3 is 2.29 bits per heavy atom. The zero-order chi connectivity index (χ0) is 16.9. The summed E-state index contributed by atoms with van der Waals surface area (Å²) in [7, 11) is 0. The quantitative estimate of drug-likeness (QED) is 0.534. The highest BCUT2D eigenvalue weighted by atomic mass is 35.5. The summed E-state index contributed by atoms with van der Waals surface area (Å²) in [6.07, 6.45) is 4.38. The Balaban J connectivity index is 1.97. The van der Waals surface area contributed by atoms with Crippen LogP contribution in [0.1, 0.15) is 0 Å². The molecule has 0 aliphatic rings.